The lowest BCUT2D eigenvalue weighted by atomic mass is 9.98. The highest BCUT2D eigenvalue weighted by molar-refractivity contribution is 5.82. The summed E-state index contributed by atoms with van der Waals surface area (Å²) >= 11 is 0. The van der Waals surface area contributed by atoms with Crippen LogP contribution in [0.5, 0.6) is 5.75 Å². The fourth-order valence-electron chi connectivity index (χ4n) is 2.50. The maximum atomic E-state index is 13.2. The smallest absolute Gasteiger partial charge is 0.237 e. The Morgan fingerprint density at radius 2 is 1.67 bits per heavy atom. The maximum Gasteiger partial charge on any atom is 0.237 e. The zero-order valence-corrected chi connectivity index (χ0v) is 14.0. The van der Waals surface area contributed by atoms with E-state index in [2.05, 4.69) is 5.32 Å². The van der Waals surface area contributed by atoms with Gasteiger partial charge in [0.2, 0.25) is 5.91 Å². The lowest BCUT2D eigenvalue weighted by molar-refractivity contribution is -0.123. The van der Waals surface area contributed by atoms with Crippen LogP contribution in [0.4, 0.5) is 4.39 Å². The van der Waals surface area contributed by atoms with Gasteiger partial charge in [-0.25, -0.2) is 4.39 Å². The summed E-state index contributed by atoms with van der Waals surface area (Å²) in [6.45, 7) is 1.98. The zero-order valence-electron chi connectivity index (χ0n) is 14.0. The van der Waals surface area contributed by atoms with Gasteiger partial charge < -0.3 is 15.8 Å². The van der Waals surface area contributed by atoms with Crippen LogP contribution in [0.15, 0.2) is 48.5 Å². The number of methoxy groups -OCH3 is 1. The van der Waals surface area contributed by atoms with Gasteiger partial charge in [-0.05, 0) is 41.8 Å². The van der Waals surface area contributed by atoms with Gasteiger partial charge in [-0.3, -0.25) is 4.79 Å². The van der Waals surface area contributed by atoms with Crippen molar-refractivity contribution in [1.82, 2.24) is 5.32 Å². The van der Waals surface area contributed by atoms with Crippen molar-refractivity contribution in [3.8, 4) is 5.75 Å². The van der Waals surface area contributed by atoms with Crippen LogP contribution >= 0.6 is 0 Å². The summed E-state index contributed by atoms with van der Waals surface area (Å²) in [5, 5.41) is 2.96. The molecule has 0 aliphatic carbocycles. The minimum absolute atomic E-state index is 0.220. The third-order valence-electron chi connectivity index (χ3n) is 3.88. The van der Waals surface area contributed by atoms with E-state index in [-0.39, 0.29) is 11.7 Å². The summed E-state index contributed by atoms with van der Waals surface area (Å²) < 4.78 is 18.4. The highest BCUT2D eigenvalue weighted by Gasteiger charge is 2.20. The van der Waals surface area contributed by atoms with E-state index in [4.69, 9.17) is 10.5 Å². The molecular weight excluding hydrogens is 307 g/mol. The number of halogens is 1. The maximum absolute atomic E-state index is 13.2. The molecule has 3 N–H and O–H groups in total. The van der Waals surface area contributed by atoms with E-state index < -0.39 is 12.1 Å². The topological polar surface area (TPSA) is 64.4 Å². The fourth-order valence-corrected chi connectivity index (χ4v) is 2.50. The molecule has 128 valence electrons. The molecule has 0 saturated carbocycles. The Balaban J connectivity index is 2.29. The largest absolute Gasteiger partial charge is 0.497 e. The summed E-state index contributed by atoms with van der Waals surface area (Å²) in [6, 6.07) is 12.5. The first-order valence-corrected chi connectivity index (χ1v) is 8.00. The lowest BCUT2D eigenvalue weighted by Gasteiger charge is -2.22. The van der Waals surface area contributed by atoms with Crippen LogP contribution in [-0.4, -0.2) is 19.1 Å². The SMILES string of the molecule is CCCC(N)C(=O)NC(c1ccc(F)cc1)c1ccc(OC)cc1. The van der Waals surface area contributed by atoms with Crippen LogP contribution in [0.3, 0.4) is 0 Å². The summed E-state index contributed by atoms with van der Waals surface area (Å²) in [7, 11) is 1.60. The lowest BCUT2D eigenvalue weighted by Crippen LogP contribution is -2.42. The van der Waals surface area contributed by atoms with Crippen LogP contribution < -0.4 is 15.8 Å². The van der Waals surface area contributed by atoms with Crippen molar-refractivity contribution in [2.75, 3.05) is 7.11 Å². The molecule has 0 bridgehead atoms. The predicted octanol–water partition coefficient (Wildman–Crippen LogP) is 3.17. The minimum Gasteiger partial charge on any atom is -0.497 e. The Morgan fingerprint density at radius 1 is 1.12 bits per heavy atom. The van der Waals surface area contributed by atoms with E-state index >= 15 is 0 Å². The normalized spacial score (nSPS) is 13.2. The van der Waals surface area contributed by atoms with E-state index in [1.807, 2.05) is 31.2 Å². The van der Waals surface area contributed by atoms with E-state index in [1.165, 1.54) is 12.1 Å². The van der Waals surface area contributed by atoms with Gasteiger partial charge in [-0.1, -0.05) is 37.6 Å². The van der Waals surface area contributed by atoms with E-state index in [9.17, 15) is 9.18 Å². The van der Waals surface area contributed by atoms with Gasteiger partial charge in [-0.15, -0.1) is 0 Å². The number of hydrogen-bond donors (Lipinski definition) is 2. The first kappa shape index (κ1) is 17.9. The van der Waals surface area contributed by atoms with E-state index in [0.717, 1.165) is 23.3 Å². The van der Waals surface area contributed by atoms with Crippen molar-refractivity contribution < 1.29 is 13.9 Å². The molecule has 0 heterocycles. The van der Waals surface area contributed by atoms with Crippen LogP contribution in [0.1, 0.15) is 36.9 Å². The Morgan fingerprint density at radius 3 is 2.17 bits per heavy atom. The van der Waals surface area contributed by atoms with E-state index in [1.54, 1.807) is 19.2 Å². The average molecular weight is 330 g/mol. The molecular formula is C19H23FN2O2. The van der Waals surface area contributed by atoms with Crippen molar-refractivity contribution >= 4 is 5.91 Å². The first-order chi connectivity index (χ1) is 11.5. The Labute approximate surface area is 141 Å². The second kappa shape index (κ2) is 8.45. The van der Waals surface area contributed by atoms with Gasteiger partial charge in [0.15, 0.2) is 0 Å². The molecule has 0 aromatic heterocycles. The van der Waals surface area contributed by atoms with Gasteiger partial charge >= 0.3 is 0 Å². The second-order valence-corrected chi connectivity index (χ2v) is 5.66. The fraction of sp³-hybridized carbons (Fsp3) is 0.316. The molecule has 2 rings (SSSR count). The molecule has 4 nitrogen and oxygen atoms in total. The van der Waals surface area contributed by atoms with Crippen molar-refractivity contribution in [3.05, 3.63) is 65.5 Å². The second-order valence-electron chi connectivity index (χ2n) is 5.66. The molecule has 0 fully saturated rings. The molecule has 0 saturated heterocycles. The summed E-state index contributed by atoms with van der Waals surface area (Å²) in [6.07, 6.45) is 1.45. The van der Waals surface area contributed by atoms with Gasteiger partial charge in [0.1, 0.15) is 11.6 Å². The number of ether oxygens (including phenoxy) is 1. The van der Waals surface area contributed by atoms with Crippen molar-refractivity contribution in [3.63, 3.8) is 0 Å². The van der Waals surface area contributed by atoms with Gasteiger partial charge in [0, 0.05) is 0 Å². The molecule has 0 spiro atoms. The van der Waals surface area contributed by atoms with Crippen LogP contribution in [0.25, 0.3) is 0 Å². The quantitative estimate of drug-likeness (QED) is 0.819. The highest BCUT2D eigenvalue weighted by atomic mass is 19.1. The summed E-state index contributed by atoms with van der Waals surface area (Å²) in [5.41, 5.74) is 7.57. The number of nitrogens with one attached hydrogen (secondary N) is 1. The molecule has 5 heteroatoms. The molecule has 2 unspecified atom stereocenters. The Hall–Kier alpha value is -2.40. The number of hydrogen-bond acceptors (Lipinski definition) is 3. The van der Waals surface area contributed by atoms with Crippen LogP contribution in [0.2, 0.25) is 0 Å². The molecule has 0 aliphatic rings. The number of amides is 1. The van der Waals surface area contributed by atoms with Crippen molar-refractivity contribution in [2.45, 2.75) is 31.8 Å². The highest BCUT2D eigenvalue weighted by Crippen LogP contribution is 2.24. The Kier molecular flexibility index (Phi) is 6.32. The predicted molar refractivity (Wildman–Crippen MR) is 92.3 cm³/mol. The third-order valence-corrected chi connectivity index (χ3v) is 3.88. The molecule has 24 heavy (non-hydrogen) atoms. The molecule has 0 aliphatic heterocycles. The van der Waals surface area contributed by atoms with E-state index in [0.29, 0.717) is 6.42 Å². The first-order valence-electron chi connectivity index (χ1n) is 8.00. The van der Waals surface area contributed by atoms with Gasteiger partial charge in [-0.2, -0.15) is 0 Å². The number of carbonyl (C=O) groups excluding carboxylic acids is 1. The number of rotatable bonds is 7. The van der Waals surface area contributed by atoms with Crippen molar-refractivity contribution in [2.24, 2.45) is 5.73 Å². The zero-order chi connectivity index (χ0) is 17.5. The summed E-state index contributed by atoms with van der Waals surface area (Å²) in [4.78, 5) is 12.3. The van der Waals surface area contributed by atoms with Crippen molar-refractivity contribution in [1.29, 1.82) is 0 Å². The van der Waals surface area contributed by atoms with Crippen LogP contribution in [0, 0.1) is 5.82 Å². The molecule has 1 amide bonds. The monoisotopic (exact) mass is 330 g/mol. The average Bonchev–Trinajstić information content (AvgIpc) is 2.60. The molecule has 0 radical (unpaired) electrons. The number of carbonyl (C=O) groups is 1. The summed E-state index contributed by atoms with van der Waals surface area (Å²) in [5.74, 6) is 0.189. The number of nitrogens with two attached hydrogens (primary N) is 1. The Bertz CT molecular complexity index is 656. The number of benzene rings is 2. The molecule has 2 aromatic rings. The standard InChI is InChI=1S/C19H23FN2O2/c1-3-4-17(21)19(23)22-18(13-5-9-15(20)10-6-13)14-7-11-16(24-2)12-8-14/h5-12,17-18H,3-4,21H2,1-2H3,(H,22,23). The third kappa shape index (κ3) is 4.55. The van der Waals surface area contributed by atoms with Crippen LogP contribution in [-0.2, 0) is 4.79 Å². The van der Waals surface area contributed by atoms with Gasteiger partial charge in [0.05, 0.1) is 19.2 Å². The van der Waals surface area contributed by atoms with Gasteiger partial charge in [0.25, 0.3) is 0 Å². The molecule has 2 atom stereocenters. The minimum atomic E-state index is -0.559. The molecule has 2 aromatic carbocycles.